The number of carboxylic acid groups (broad SMARTS) is 1. The summed E-state index contributed by atoms with van der Waals surface area (Å²) in [5.41, 5.74) is -1.63. The Morgan fingerprint density at radius 1 is 1.44 bits per heavy atom. The van der Waals surface area contributed by atoms with E-state index in [4.69, 9.17) is 5.11 Å². The number of aromatic carboxylic acids is 1. The summed E-state index contributed by atoms with van der Waals surface area (Å²) >= 11 is 0. The van der Waals surface area contributed by atoms with E-state index in [1.807, 2.05) is 6.92 Å². The van der Waals surface area contributed by atoms with Crippen LogP contribution in [0.2, 0.25) is 0 Å². The van der Waals surface area contributed by atoms with Crippen molar-refractivity contribution in [2.24, 2.45) is 0 Å². The molecule has 1 fully saturated rings. The van der Waals surface area contributed by atoms with Crippen molar-refractivity contribution in [3.8, 4) is 0 Å². The van der Waals surface area contributed by atoms with Crippen LogP contribution in [0.25, 0.3) is 10.9 Å². The summed E-state index contributed by atoms with van der Waals surface area (Å²) in [5.74, 6) is -3.12. The van der Waals surface area contributed by atoms with Gasteiger partial charge in [-0.2, -0.15) is 0 Å². The first-order valence-electron chi connectivity index (χ1n) is 8.12. The van der Waals surface area contributed by atoms with Gasteiger partial charge in [-0.15, -0.1) is 0 Å². The highest BCUT2D eigenvalue weighted by atomic mass is 19.1. The number of anilines is 1. The molecule has 2 heterocycles. The van der Waals surface area contributed by atoms with Crippen molar-refractivity contribution >= 4 is 22.6 Å². The molecule has 1 aromatic heterocycles. The van der Waals surface area contributed by atoms with Crippen LogP contribution in [0.4, 0.5) is 14.5 Å². The molecular weight excluding hydrogens is 332 g/mol. The number of aryl methyl sites for hydroxylation is 1. The lowest BCUT2D eigenvalue weighted by Gasteiger charge is -2.36. The molecule has 1 aromatic carbocycles. The minimum absolute atomic E-state index is 0.0698. The topological polar surface area (TPSA) is 74.6 Å². The Balaban J connectivity index is 2.35. The van der Waals surface area contributed by atoms with E-state index in [0.717, 1.165) is 12.3 Å². The quantitative estimate of drug-likeness (QED) is 0.882. The van der Waals surface area contributed by atoms with Crippen LogP contribution in [0.1, 0.15) is 24.2 Å². The number of carbonyl (C=O) groups is 1. The number of benzene rings is 1. The van der Waals surface area contributed by atoms with Crippen LogP contribution < -0.4 is 15.6 Å². The van der Waals surface area contributed by atoms with Gasteiger partial charge in [-0.25, -0.2) is 13.6 Å². The molecule has 1 atom stereocenters. The molecule has 0 radical (unpaired) electrons. The molecule has 1 saturated heterocycles. The van der Waals surface area contributed by atoms with E-state index in [0.29, 0.717) is 19.6 Å². The minimum Gasteiger partial charge on any atom is -0.477 e. The molecule has 2 N–H and O–H groups in total. The third-order valence-corrected chi connectivity index (χ3v) is 4.59. The highest BCUT2D eigenvalue weighted by molar-refractivity contribution is 5.93. The second kappa shape index (κ2) is 6.44. The van der Waals surface area contributed by atoms with Crippen molar-refractivity contribution in [2.75, 3.05) is 24.5 Å². The Morgan fingerprint density at radius 3 is 2.76 bits per heavy atom. The van der Waals surface area contributed by atoms with E-state index in [1.165, 1.54) is 4.57 Å². The molecule has 6 nitrogen and oxygen atoms in total. The maximum absolute atomic E-state index is 15.2. The fourth-order valence-corrected chi connectivity index (χ4v) is 3.31. The molecule has 0 aliphatic carbocycles. The molecular formula is C17H19F2N3O3. The Labute approximate surface area is 142 Å². The zero-order valence-electron chi connectivity index (χ0n) is 14.0. The summed E-state index contributed by atoms with van der Waals surface area (Å²) in [6, 6.07) is 0.832. The number of pyridine rings is 1. The number of nitrogens with zero attached hydrogens (tertiary/aromatic N) is 2. The summed E-state index contributed by atoms with van der Waals surface area (Å²) in [4.78, 5) is 25.2. The van der Waals surface area contributed by atoms with Crippen LogP contribution in [0.15, 0.2) is 17.1 Å². The van der Waals surface area contributed by atoms with Crippen molar-refractivity contribution < 1.29 is 18.7 Å². The van der Waals surface area contributed by atoms with Crippen LogP contribution in [0.3, 0.4) is 0 Å². The smallest absolute Gasteiger partial charge is 0.341 e. The summed E-state index contributed by atoms with van der Waals surface area (Å²) in [6.45, 7) is 5.43. The molecule has 2 aromatic rings. The van der Waals surface area contributed by atoms with Gasteiger partial charge in [0.25, 0.3) is 0 Å². The Morgan fingerprint density at radius 2 is 2.16 bits per heavy atom. The second-order valence-corrected chi connectivity index (χ2v) is 6.13. The molecule has 1 unspecified atom stereocenters. The number of aromatic nitrogens is 1. The zero-order valence-corrected chi connectivity index (χ0v) is 14.0. The van der Waals surface area contributed by atoms with Gasteiger partial charge in [-0.3, -0.25) is 4.79 Å². The number of rotatable bonds is 3. The third kappa shape index (κ3) is 2.76. The summed E-state index contributed by atoms with van der Waals surface area (Å²) in [7, 11) is 0. The van der Waals surface area contributed by atoms with Crippen molar-refractivity contribution in [3.05, 3.63) is 39.7 Å². The average Bonchev–Trinajstić information content (AvgIpc) is 2.57. The standard InChI is InChI=1S/C17H19F2N3O3/c1-3-21-8-11(17(24)25)16(23)10-6-12(18)15(13(19)14(10)21)22-5-4-20-7-9(22)2/h6,8-9,20H,3-5,7H2,1-2H3,(H,24,25). The Kier molecular flexibility index (Phi) is 4.47. The van der Waals surface area contributed by atoms with Crippen LogP contribution >= 0.6 is 0 Å². The van der Waals surface area contributed by atoms with Gasteiger partial charge >= 0.3 is 5.97 Å². The SMILES string of the molecule is CCn1cc(C(=O)O)c(=O)c2cc(F)c(N3CCNCC3C)c(F)c21. The number of nitrogens with one attached hydrogen (secondary N) is 1. The average molecular weight is 351 g/mol. The van der Waals surface area contributed by atoms with E-state index in [-0.39, 0.29) is 29.2 Å². The van der Waals surface area contributed by atoms with E-state index in [1.54, 1.807) is 11.8 Å². The maximum Gasteiger partial charge on any atom is 0.341 e. The lowest BCUT2D eigenvalue weighted by atomic mass is 10.1. The number of carboxylic acids is 1. The highest BCUT2D eigenvalue weighted by Gasteiger charge is 2.28. The lowest BCUT2D eigenvalue weighted by molar-refractivity contribution is 0.0695. The van der Waals surface area contributed by atoms with Gasteiger partial charge in [-0.05, 0) is 19.9 Å². The van der Waals surface area contributed by atoms with Crippen molar-refractivity contribution in [1.29, 1.82) is 0 Å². The second-order valence-electron chi connectivity index (χ2n) is 6.13. The molecule has 0 amide bonds. The molecule has 1 aliphatic heterocycles. The lowest BCUT2D eigenvalue weighted by Crippen LogP contribution is -2.50. The normalized spacial score (nSPS) is 17.9. The number of hydrogen-bond acceptors (Lipinski definition) is 4. The van der Waals surface area contributed by atoms with Gasteiger partial charge in [-0.1, -0.05) is 0 Å². The predicted octanol–water partition coefficient (Wildman–Crippen LogP) is 1.80. The first-order chi connectivity index (χ1) is 11.9. The molecule has 8 heteroatoms. The van der Waals surface area contributed by atoms with E-state index < -0.39 is 28.6 Å². The first kappa shape index (κ1) is 17.3. The molecule has 0 spiro atoms. The highest BCUT2D eigenvalue weighted by Crippen LogP contribution is 2.31. The predicted molar refractivity (Wildman–Crippen MR) is 90.4 cm³/mol. The number of halogens is 2. The third-order valence-electron chi connectivity index (χ3n) is 4.59. The number of piperazine rings is 1. The van der Waals surface area contributed by atoms with Gasteiger partial charge in [0.2, 0.25) is 5.43 Å². The van der Waals surface area contributed by atoms with E-state index in [9.17, 15) is 14.0 Å². The molecule has 134 valence electrons. The number of fused-ring (bicyclic) bond motifs is 1. The molecule has 1 aliphatic rings. The van der Waals surface area contributed by atoms with Gasteiger partial charge in [0.05, 0.1) is 10.9 Å². The first-order valence-corrected chi connectivity index (χ1v) is 8.12. The molecule has 3 rings (SSSR count). The minimum atomic E-state index is -1.42. The maximum atomic E-state index is 15.2. The Bertz CT molecular complexity index is 910. The van der Waals surface area contributed by atoms with Crippen molar-refractivity contribution in [2.45, 2.75) is 26.4 Å². The van der Waals surface area contributed by atoms with Crippen LogP contribution in [-0.2, 0) is 6.54 Å². The monoisotopic (exact) mass is 351 g/mol. The zero-order chi connectivity index (χ0) is 18.3. The van der Waals surface area contributed by atoms with Crippen molar-refractivity contribution in [1.82, 2.24) is 9.88 Å². The Hall–Kier alpha value is -2.48. The summed E-state index contributed by atoms with van der Waals surface area (Å²) < 4.78 is 31.3. The van der Waals surface area contributed by atoms with Crippen molar-refractivity contribution in [3.63, 3.8) is 0 Å². The fraction of sp³-hybridized carbons (Fsp3) is 0.412. The summed E-state index contributed by atoms with van der Waals surface area (Å²) in [5, 5.41) is 12.1. The molecule has 0 bridgehead atoms. The molecule has 25 heavy (non-hydrogen) atoms. The van der Waals surface area contributed by atoms with Gasteiger partial charge in [0.15, 0.2) is 5.82 Å². The van der Waals surface area contributed by atoms with Crippen LogP contribution in [-0.4, -0.2) is 41.3 Å². The van der Waals surface area contributed by atoms with Crippen LogP contribution in [0, 0.1) is 11.6 Å². The van der Waals surface area contributed by atoms with Gasteiger partial charge in [0, 0.05) is 38.4 Å². The van der Waals surface area contributed by atoms with E-state index in [2.05, 4.69) is 5.32 Å². The van der Waals surface area contributed by atoms with E-state index >= 15 is 4.39 Å². The summed E-state index contributed by atoms with van der Waals surface area (Å²) in [6.07, 6.45) is 1.11. The fourth-order valence-electron chi connectivity index (χ4n) is 3.31. The largest absolute Gasteiger partial charge is 0.477 e. The van der Waals surface area contributed by atoms with Gasteiger partial charge in [0.1, 0.15) is 17.1 Å². The van der Waals surface area contributed by atoms with Gasteiger partial charge < -0.3 is 19.9 Å². The number of hydrogen-bond donors (Lipinski definition) is 2. The van der Waals surface area contributed by atoms with Crippen LogP contribution in [0.5, 0.6) is 0 Å². The molecule has 0 saturated carbocycles.